The maximum Gasteiger partial charge on any atom is 0.179 e. The molecule has 0 aliphatic carbocycles. The van der Waals surface area contributed by atoms with E-state index in [1.165, 1.54) is 12.1 Å². The topological polar surface area (TPSA) is 108 Å². The molecule has 0 spiro atoms. The molecule has 2 N–H and O–H groups in total. The van der Waals surface area contributed by atoms with E-state index in [1.54, 1.807) is 24.3 Å². The summed E-state index contributed by atoms with van der Waals surface area (Å²) in [6, 6.07) is 9.34. The van der Waals surface area contributed by atoms with Crippen LogP contribution in [0.3, 0.4) is 0 Å². The Balaban J connectivity index is 1.96. The fourth-order valence-corrected chi connectivity index (χ4v) is 2.46. The molecule has 0 amide bonds. The number of fused-ring (bicyclic) bond motifs is 1. The second-order valence-electron chi connectivity index (χ2n) is 4.46. The van der Waals surface area contributed by atoms with E-state index in [0.29, 0.717) is 28.2 Å². The van der Waals surface area contributed by atoms with Gasteiger partial charge in [0.1, 0.15) is 5.75 Å². The van der Waals surface area contributed by atoms with Crippen LogP contribution in [0.25, 0.3) is 11.0 Å². The number of aromatic nitrogens is 2. The molecule has 108 valence electrons. The van der Waals surface area contributed by atoms with Gasteiger partial charge >= 0.3 is 0 Å². The molecule has 3 aromatic rings. The largest absolute Gasteiger partial charge is 0.455 e. The quantitative estimate of drug-likeness (QED) is 0.737. The SMILES string of the molecule is CS(=O)(=O)c1ccc(Oc2ccc(N)c3nonc23)cc1. The normalized spacial score (nSPS) is 11.7. The third kappa shape index (κ3) is 2.52. The van der Waals surface area contributed by atoms with E-state index in [2.05, 4.69) is 14.9 Å². The summed E-state index contributed by atoms with van der Waals surface area (Å²) in [6.07, 6.45) is 1.15. The van der Waals surface area contributed by atoms with Gasteiger partial charge in [0.2, 0.25) is 0 Å². The van der Waals surface area contributed by atoms with E-state index in [4.69, 9.17) is 10.5 Å². The first-order valence-corrected chi connectivity index (χ1v) is 7.83. The Labute approximate surface area is 120 Å². The highest BCUT2D eigenvalue weighted by atomic mass is 32.2. The van der Waals surface area contributed by atoms with Crippen LogP contribution in [0, 0.1) is 0 Å². The lowest BCUT2D eigenvalue weighted by Crippen LogP contribution is -1.96. The molecule has 1 aromatic heterocycles. The van der Waals surface area contributed by atoms with Crippen molar-refractivity contribution in [3.8, 4) is 11.5 Å². The van der Waals surface area contributed by atoms with Crippen molar-refractivity contribution in [1.82, 2.24) is 10.3 Å². The Morgan fingerprint density at radius 2 is 1.71 bits per heavy atom. The molecule has 0 fully saturated rings. The van der Waals surface area contributed by atoms with Crippen LogP contribution in [0.1, 0.15) is 0 Å². The Morgan fingerprint density at radius 1 is 1.05 bits per heavy atom. The maximum atomic E-state index is 11.4. The third-order valence-corrected chi connectivity index (χ3v) is 4.02. The lowest BCUT2D eigenvalue weighted by molar-refractivity contribution is 0.314. The molecule has 8 heteroatoms. The van der Waals surface area contributed by atoms with Crippen molar-refractivity contribution < 1.29 is 17.8 Å². The van der Waals surface area contributed by atoms with Crippen LogP contribution in [-0.2, 0) is 9.84 Å². The van der Waals surface area contributed by atoms with Crippen molar-refractivity contribution in [2.24, 2.45) is 0 Å². The van der Waals surface area contributed by atoms with Gasteiger partial charge in [-0.2, -0.15) is 0 Å². The molecule has 2 aromatic carbocycles. The number of rotatable bonds is 3. The summed E-state index contributed by atoms with van der Waals surface area (Å²) < 4.78 is 33.1. The summed E-state index contributed by atoms with van der Waals surface area (Å²) in [5.41, 5.74) is 7.00. The molecule has 0 radical (unpaired) electrons. The van der Waals surface area contributed by atoms with Gasteiger partial charge in [0.15, 0.2) is 26.6 Å². The van der Waals surface area contributed by atoms with Crippen LogP contribution in [0.5, 0.6) is 11.5 Å². The molecule has 0 saturated carbocycles. The van der Waals surface area contributed by atoms with Crippen LogP contribution in [0.2, 0.25) is 0 Å². The van der Waals surface area contributed by atoms with Crippen LogP contribution in [0.4, 0.5) is 5.69 Å². The first kappa shape index (κ1) is 13.4. The highest BCUT2D eigenvalue weighted by molar-refractivity contribution is 7.90. The standard InChI is InChI=1S/C13H11N3O4S/c1-21(17,18)9-4-2-8(3-5-9)19-11-7-6-10(14)12-13(11)16-20-15-12/h2-7H,14H2,1H3. The monoisotopic (exact) mass is 305 g/mol. The van der Waals surface area contributed by atoms with Gasteiger partial charge in [0.05, 0.1) is 10.6 Å². The lowest BCUT2D eigenvalue weighted by Gasteiger charge is -2.06. The van der Waals surface area contributed by atoms with Crippen LogP contribution >= 0.6 is 0 Å². The third-order valence-electron chi connectivity index (χ3n) is 2.89. The first-order valence-electron chi connectivity index (χ1n) is 5.94. The summed E-state index contributed by atoms with van der Waals surface area (Å²) >= 11 is 0. The van der Waals surface area contributed by atoms with Crippen molar-refractivity contribution in [2.75, 3.05) is 12.0 Å². The molecule has 0 bridgehead atoms. The highest BCUT2D eigenvalue weighted by Gasteiger charge is 2.12. The molecule has 0 aliphatic rings. The number of ether oxygens (including phenoxy) is 1. The average Bonchev–Trinajstić information content (AvgIpc) is 2.92. The van der Waals surface area contributed by atoms with E-state index in [9.17, 15) is 8.42 Å². The lowest BCUT2D eigenvalue weighted by atomic mass is 10.2. The van der Waals surface area contributed by atoms with Crippen molar-refractivity contribution >= 4 is 26.6 Å². The average molecular weight is 305 g/mol. The van der Waals surface area contributed by atoms with Gasteiger partial charge in [-0.15, -0.1) is 0 Å². The number of sulfone groups is 1. The van der Waals surface area contributed by atoms with Gasteiger partial charge in [-0.05, 0) is 46.7 Å². The minimum atomic E-state index is -3.23. The first-order chi connectivity index (χ1) is 9.95. The second-order valence-corrected chi connectivity index (χ2v) is 6.48. The maximum absolute atomic E-state index is 11.4. The molecule has 0 unspecified atom stereocenters. The van der Waals surface area contributed by atoms with Gasteiger partial charge in [0.25, 0.3) is 0 Å². The van der Waals surface area contributed by atoms with Crippen molar-refractivity contribution in [3.05, 3.63) is 36.4 Å². The summed E-state index contributed by atoms with van der Waals surface area (Å²) in [5, 5.41) is 7.44. The Hall–Kier alpha value is -2.61. The zero-order valence-electron chi connectivity index (χ0n) is 11.0. The van der Waals surface area contributed by atoms with Crippen molar-refractivity contribution in [1.29, 1.82) is 0 Å². The second kappa shape index (κ2) is 4.74. The van der Waals surface area contributed by atoms with E-state index in [1.807, 2.05) is 0 Å². The highest BCUT2D eigenvalue weighted by Crippen LogP contribution is 2.31. The molecule has 1 heterocycles. The fourth-order valence-electron chi connectivity index (χ4n) is 1.83. The van der Waals surface area contributed by atoms with Gasteiger partial charge in [-0.3, -0.25) is 0 Å². The smallest absolute Gasteiger partial charge is 0.179 e. The Kier molecular flexibility index (Phi) is 3.02. The zero-order chi connectivity index (χ0) is 15.0. The minimum Gasteiger partial charge on any atom is -0.455 e. The molecule has 7 nitrogen and oxygen atoms in total. The number of nitrogens with zero attached hydrogens (tertiary/aromatic N) is 2. The molecule has 0 atom stereocenters. The zero-order valence-corrected chi connectivity index (χ0v) is 11.8. The van der Waals surface area contributed by atoms with Gasteiger partial charge in [-0.1, -0.05) is 0 Å². The van der Waals surface area contributed by atoms with E-state index in [-0.39, 0.29) is 4.90 Å². The Morgan fingerprint density at radius 3 is 2.38 bits per heavy atom. The van der Waals surface area contributed by atoms with Gasteiger partial charge in [0, 0.05) is 6.26 Å². The summed E-state index contributed by atoms with van der Waals surface area (Å²) in [4.78, 5) is 0.223. The van der Waals surface area contributed by atoms with Crippen molar-refractivity contribution in [2.45, 2.75) is 4.90 Å². The summed E-state index contributed by atoms with van der Waals surface area (Å²) in [5.74, 6) is 0.893. The van der Waals surface area contributed by atoms with Crippen LogP contribution in [0.15, 0.2) is 45.9 Å². The van der Waals surface area contributed by atoms with Gasteiger partial charge < -0.3 is 10.5 Å². The molecule has 3 rings (SSSR count). The number of nitrogens with two attached hydrogens (primary N) is 1. The number of benzene rings is 2. The van der Waals surface area contributed by atoms with Crippen molar-refractivity contribution in [3.63, 3.8) is 0 Å². The van der Waals surface area contributed by atoms with Gasteiger partial charge in [-0.25, -0.2) is 13.0 Å². The predicted octanol–water partition coefficient (Wildman–Crippen LogP) is 2.00. The molecular weight excluding hydrogens is 294 g/mol. The number of hydrogen-bond acceptors (Lipinski definition) is 7. The molecular formula is C13H11N3O4S. The number of anilines is 1. The summed E-state index contributed by atoms with van der Waals surface area (Å²) in [6.45, 7) is 0. The predicted molar refractivity (Wildman–Crippen MR) is 75.8 cm³/mol. The summed E-state index contributed by atoms with van der Waals surface area (Å²) in [7, 11) is -3.23. The fraction of sp³-hybridized carbons (Fsp3) is 0.0769. The number of nitrogen functional groups attached to an aromatic ring is 1. The van der Waals surface area contributed by atoms with E-state index in [0.717, 1.165) is 6.26 Å². The number of hydrogen-bond donors (Lipinski definition) is 1. The Bertz CT molecular complexity index is 901. The van der Waals surface area contributed by atoms with Crippen LogP contribution < -0.4 is 10.5 Å². The molecule has 0 aliphatic heterocycles. The van der Waals surface area contributed by atoms with E-state index < -0.39 is 9.84 Å². The van der Waals surface area contributed by atoms with E-state index >= 15 is 0 Å². The molecule has 0 saturated heterocycles. The molecule has 21 heavy (non-hydrogen) atoms. The van der Waals surface area contributed by atoms with Crippen LogP contribution in [-0.4, -0.2) is 25.0 Å². The minimum absolute atomic E-state index is 0.223.